The lowest BCUT2D eigenvalue weighted by molar-refractivity contribution is 0.253. The number of hydrogen-bond donors (Lipinski definition) is 2. The summed E-state index contributed by atoms with van der Waals surface area (Å²) in [6.07, 6.45) is 4.31. The lowest BCUT2D eigenvalue weighted by atomic mass is 10.3. The molecule has 0 fully saturated rings. The Balaban J connectivity index is 2.23. The van der Waals surface area contributed by atoms with Crippen LogP contribution in [0.25, 0.3) is 0 Å². The van der Waals surface area contributed by atoms with E-state index in [1.54, 1.807) is 12.1 Å². The summed E-state index contributed by atoms with van der Waals surface area (Å²) in [4.78, 5) is 15.6. The van der Waals surface area contributed by atoms with Crippen molar-refractivity contribution in [1.82, 2.24) is 14.3 Å². The maximum absolute atomic E-state index is 11.8. The Hall–Kier alpha value is -2.19. The van der Waals surface area contributed by atoms with Crippen LogP contribution in [0, 0.1) is 0 Å². The molecule has 0 unspecified atom stereocenters. The Morgan fingerprint density at radius 1 is 1.37 bits per heavy atom. The third-order valence-corrected chi connectivity index (χ3v) is 3.82. The van der Waals surface area contributed by atoms with E-state index < -0.39 is 16.1 Å². The summed E-state index contributed by atoms with van der Waals surface area (Å²) in [5, 5.41) is 2.57. The number of hydrogen-bond acceptors (Lipinski definition) is 4. The first-order valence-corrected chi connectivity index (χ1v) is 6.84. The van der Waals surface area contributed by atoms with Crippen LogP contribution in [-0.4, -0.2) is 31.0 Å². The van der Waals surface area contributed by atoms with Gasteiger partial charge < -0.3 is 5.32 Å². The van der Waals surface area contributed by atoms with E-state index in [0.29, 0.717) is 5.69 Å². The average molecular weight is 280 g/mol. The number of nitrogens with zero attached hydrogens (tertiary/aromatic N) is 2. The van der Waals surface area contributed by atoms with E-state index >= 15 is 0 Å². The van der Waals surface area contributed by atoms with Crippen LogP contribution < -0.4 is 10.0 Å². The van der Waals surface area contributed by atoms with Crippen molar-refractivity contribution in [3.8, 4) is 0 Å². The van der Waals surface area contributed by atoms with Crippen molar-refractivity contribution in [3.63, 3.8) is 0 Å². The number of rotatable bonds is 3. The summed E-state index contributed by atoms with van der Waals surface area (Å²) in [7, 11) is -2.21. The van der Waals surface area contributed by atoms with E-state index in [1.807, 2.05) is 0 Å². The largest absolute Gasteiger partial charge is 0.331 e. The molecule has 0 radical (unpaired) electrons. The third-order valence-electron chi connectivity index (χ3n) is 2.40. The van der Waals surface area contributed by atoms with Crippen LogP contribution in [0.3, 0.4) is 0 Å². The van der Waals surface area contributed by atoms with Crippen molar-refractivity contribution in [2.24, 2.45) is 0 Å². The molecule has 0 bridgehead atoms. The summed E-state index contributed by atoms with van der Waals surface area (Å²) in [5.74, 6) is 0. The zero-order valence-electron chi connectivity index (χ0n) is 10.1. The van der Waals surface area contributed by atoms with E-state index in [0.717, 1.165) is 0 Å². The van der Waals surface area contributed by atoms with Gasteiger partial charge in [0.1, 0.15) is 6.33 Å². The van der Waals surface area contributed by atoms with Gasteiger partial charge in [-0.15, -0.1) is 0 Å². The van der Waals surface area contributed by atoms with Crippen molar-refractivity contribution in [2.75, 3.05) is 12.4 Å². The molecule has 0 aliphatic rings. The van der Waals surface area contributed by atoms with Crippen LogP contribution >= 0.6 is 0 Å². The average Bonchev–Trinajstić information content (AvgIpc) is 2.93. The van der Waals surface area contributed by atoms with Gasteiger partial charge in [-0.05, 0) is 25.2 Å². The van der Waals surface area contributed by atoms with E-state index in [-0.39, 0.29) is 4.90 Å². The van der Waals surface area contributed by atoms with Crippen LogP contribution in [0.4, 0.5) is 10.5 Å². The van der Waals surface area contributed by atoms with E-state index in [1.165, 1.54) is 42.5 Å². The number of benzene rings is 1. The Morgan fingerprint density at radius 2 is 2.16 bits per heavy atom. The minimum absolute atomic E-state index is 0.0819. The van der Waals surface area contributed by atoms with Crippen molar-refractivity contribution in [3.05, 3.63) is 43.0 Å². The highest BCUT2D eigenvalue weighted by Gasteiger charge is 2.12. The van der Waals surface area contributed by atoms with Gasteiger partial charge in [-0.3, -0.25) is 4.57 Å². The predicted molar refractivity (Wildman–Crippen MR) is 69.3 cm³/mol. The standard InChI is InChI=1S/C11H12N4O3S/c1-12-19(17,18)10-4-2-3-9(7-10)14-11(16)15-6-5-13-8-15/h2-8,12H,1H3,(H,14,16). The second kappa shape index (κ2) is 5.21. The summed E-state index contributed by atoms with van der Waals surface area (Å²) >= 11 is 0. The maximum Gasteiger partial charge on any atom is 0.331 e. The summed E-state index contributed by atoms with van der Waals surface area (Å²) in [6, 6.07) is 5.55. The Kier molecular flexibility index (Phi) is 3.63. The molecule has 0 saturated carbocycles. The van der Waals surface area contributed by atoms with Gasteiger partial charge >= 0.3 is 6.03 Å². The summed E-state index contributed by atoms with van der Waals surface area (Å²) in [5.41, 5.74) is 0.384. The van der Waals surface area contributed by atoms with Gasteiger partial charge in [0.25, 0.3) is 0 Å². The topological polar surface area (TPSA) is 93.1 Å². The van der Waals surface area contributed by atoms with Crippen LogP contribution in [0.1, 0.15) is 0 Å². The second-order valence-electron chi connectivity index (χ2n) is 3.64. The molecule has 7 nitrogen and oxygen atoms in total. The van der Waals surface area contributed by atoms with Gasteiger partial charge in [0, 0.05) is 18.1 Å². The molecule has 0 saturated heterocycles. The molecular formula is C11H12N4O3S. The number of carbonyl (C=O) groups excluding carboxylic acids is 1. The highest BCUT2D eigenvalue weighted by atomic mass is 32.2. The zero-order valence-corrected chi connectivity index (χ0v) is 10.9. The molecule has 0 aliphatic heterocycles. The number of nitrogens with one attached hydrogen (secondary N) is 2. The molecule has 1 aromatic heterocycles. The van der Waals surface area contributed by atoms with E-state index in [9.17, 15) is 13.2 Å². The number of aromatic nitrogens is 2. The van der Waals surface area contributed by atoms with Gasteiger partial charge in [-0.2, -0.15) is 0 Å². The predicted octanol–water partition coefficient (Wildman–Crippen LogP) is 0.871. The molecule has 2 rings (SSSR count). The third kappa shape index (κ3) is 2.98. The van der Waals surface area contributed by atoms with Gasteiger partial charge in [0.05, 0.1) is 4.90 Å². The van der Waals surface area contributed by atoms with E-state index in [4.69, 9.17) is 0 Å². The first kappa shape index (κ1) is 13.2. The minimum atomic E-state index is -3.53. The van der Waals surface area contributed by atoms with Crippen LogP contribution in [0.5, 0.6) is 0 Å². The van der Waals surface area contributed by atoms with E-state index in [2.05, 4.69) is 15.0 Å². The Morgan fingerprint density at radius 3 is 2.79 bits per heavy atom. The SMILES string of the molecule is CNS(=O)(=O)c1cccc(NC(=O)n2ccnc2)c1. The number of amides is 1. The molecule has 100 valence electrons. The smallest absolute Gasteiger partial charge is 0.307 e. The molecule has 1 amide bonds. The first-order valence-electron chi connectivity index (χ1n) is 5.36. The molecule has 2 aromatic rings. The molecular weight excluding hydrogens is 268 g/mol. The van der Waals surface area contributed by atoms with Gasteiger partial charge in [0.2, 0.25) is 10.0 Å². The van der Waals surface area contributed by atoms with Crippen molar-refractivity contribution in [1.29, 1.82) is 0 Å². The normalized spacial score (nSPS) is 11.2. The number of carbonyl (C=O) groups is 1. The molecule has 2 N–H and O–H groups in total. The number of anilines is 1. The molecule has 1 heterocycles. The lowest BCUT2D eigenvalue weighted by Gasteiger charge is -2.07. The fourth-order valence-electron chi connectivity index (χ4n) is 1.43. The Labute approximate surface area is 110 Å². The molecule has 0 atom stereocenters. The zero-order chi connectivity index (χ0) is 13.9. The fourth-order valence-corrected chi connectivity index (χ4v) is 2.20. The van der Waals surface area contributed by atoms with Crippen molar-refractivity contribution in [2.45, 2.75) is 4.90 Å². The second-order valence-corrected chi connectivity index (χ2v) is 5.52. The van der Waals surface area contributed by atoms with Crippen LogP contribution in [-0.2, 0) is 10.0 Å². The number of imidazole rings is 1. The van der Waals surface area contributed by atoms with Gasteiger partial charge in [0.15, 0.2) is 0 Å². The molecule has 8 heteroatoms. The van der Waals surface area contributed by atoms with Gasteiger partial charge in [-0.25, -0.2) is 22.9 Å². The van der Waals surface area contributed by atoms with Crippen LogP contribution in [0.15, 0.2) is 47.9 Å². The summed E-state index contributed by atoms with van der Waals surface area (Å²) in [6.45, 7) is 0. The Bertz CT molecular complexity index is 680. The monoisotopic (exact) mass is 280 g/mol. The molecule has 0 aliphatic carbocycles. The molecule has 1 aromatic carbocycles. The number of sulfonamides is 1. The van der Waals surface area contributed by atoms with Crippen LogP contribution in [0.2, 0.25) is 0 Å². The molecule has 19 heavy (non-hydrogen) atoms. The fraction of sp³-hybridized carbons (Fsp3) is 0.0909. The minimum Gasteiger partial charge on any atom is -0.307 e. The quantitative estimate of drug-likeness (QED) is 0.872. The highest BCUT2D eigenvalue weighted by molar-refractivity contribution is 7.89. The highest BCUT2D eigenvalue weighted by Crippen LogP contribution is 2.15. The maximum atomic E-state index is 11.8. The van der Waals surface area contributed by atoms with Gasteiger partial charge in [-0.1, -0.05) is 6.07 Å². The summed E-state index contributed by atoms with van der Waals surface area (Å²) < 4.78 is 26.7. The van der Waals surface area contributed by atoms with Crippen molar-refractivity contribution >= 4 is 21.7 Å². The molecule has 0 spiro atoms. The lowest BCUT2D eigenvalue weighted by Crippen LogP contribution is -2.20. The van der Waals surface area contributed by atoms with Crippen molar-refractivity contribution < 1.29 is 13.2 Å². The first-order chi connectivity index (χ1) is 9.03.